The van der Waals surface area contributed by atoms with Gasteiger partial charge in [0.25, 0.3) is 0 Å². The average molecular weight is 260 g/mol. The van der Waals surface area contributed by atoms with Crippen molar-refractivity contribution in [1.29, 1.82) is 0 Å². The van der Waals surface area contributed by atoms with E-state index in [2.05, 4.69) is 10.2 Å². The standard InChI is InChI=1S/C12H15F3N2O/c13-12(14,15)18-10-6-2-5-9(7-10)11(17-16)8-3-1-4-8/h2,5-8,11,17H,1,3-4,16H2. The molecule has 6 heteroatoms. The third-order valence-corrected chi connectivity index (χ3v) is 3.25. The first-order valence-corrected chi connectivity index (χ1v) is 5.81. The summed E-state index contributed by atoms with van der Waals surface area (Å²) >= 11 is 0. The molecule has 3 nitrogen and oxygen atoms in total. The Morgan fingerprint density at radius 2 is 2.06 bits per heavy atom. The summed E-state index contributed by atoms with van der Waals surface area (Å²) < 4.78 is 40.3. The van der Waals surface area contributed by atoms with Crippen LogP contribution in [0.15, 0.2) is 24.3 Å². The van der Waals surface area contributed by atoms with Gasteiger partial charge in [-0.15, -0.1) is 13.2 Å². The number of nitrogens with one attached hydrogen (secondary N) is 1. The van der Waals surface area contributed by atoms with Crippen LogP contribution in [0.25, 0.3) is 0 Å². The van der Waals surface area contributed by atoms with E-state index in [1.54, 1.807) is 12.1 Å². The molecular weight excluding hydrogens is 245 g/mol. The van der Waals surface area contributed by atoms with Crippen LogP contribution in [-0.4, -0.2) is 6.36 Å². The number of halogens is 3. The zero-order valence-corrected chi connectivity index (χ0v) is 9.70. The van der Waals surface area contributed by atoms with E-state index in [9.17, 15) is 13.2 Å². The molecule has 0 aromatic heterocycles. The van der Waals surface area contributed by atoms with Gasteiger partial charge in [0.1, 0.15) is 5.75 Å². The molecule has 0 aliphatic heterocycles. The highest BCUT2D eigenvalue weighted by Gasteiger charge is 2.32. The second-order valence-electron chi connectivity index (χ2n) is 4.46. The minimum absolute atomic E-state index is 0.115. The second kappa shape index (κ2) is 5.16. The second-order valence-corrected chi connectivity index (χ2v) is 4.46. The van der Waals surface area contributed by atoms with Gasteiger partial charge in [0.05, 0.1) is 0 Å². The predicted molar refractivity (Wildman–Crippen MR) is 60.5 cm³/mol. The Bertz CT molecular complexity index is 405. The van der Waals surface area contributed by atoms with Crippen LogP contribution in [0, 0.1) is 5.92 Å². The maximum absolute atomic E-state index is 12.1. The van der Waals surface area contributed by atoms with Crippen molar-refractivity contribution in [1.82, 2.24) is 5.43 Å². The zero-order chi connectivity index (χ0) is 13.2. The van der Waals surface area contributed by atoms with Crippen molar-refractivity contribution >= 4 is 0 Å². The third-order valence-electron chi connectivity index (χ3n) is 3.25. The lowest BCUT2D eigenvalue weighted by Crippen LogP contribution is -2.36. The Labute approximate surface area is 103 Å². The molecule has 2 rings (SSSR count). The number of ether oxygens (including phenoxy) is 1. The molecular formula is C12H15F3N2O. The molecule has 0 radical (unpaired) electrons. The van der Waals surface area contributed by atoms with E-state index in [1.807, 2.05) is 0 Å². The van der Waals surface area contributed by atoms with Crippen molar-refractivity contribution in [2.24, 2.45) is 11.8 Å². The fourth-order valence-electron chi connectivity index (χ4n) is 2.18. The molecule has 1 unspecified atom stereocenters. The van der Waals surface area contributed by atoms with Gasteiger partial charge in [-0.25, -0.2) is 0 Å². The summed E-state index contributed by atoms with van der Waals surface area (Å²) in [5, 5.41) is 0. The first kappa shape index (κ1) is 13.2. The van der Waals surface area contributed by atoms with Crippen molar-refractivity contribution in [3.05, 3.63) is 29.8 Å². The van der Waals surface area contributed by atoms with Gasteiger partial charge in [0.15, 0.2) is 0 Å². The third kappa shape index (κ3) is 3.14. The Morgan fingerprint density at radius 1 is 1.33 bits per heavy atom. The van der Waals surface area contributed by atoms with Crippen LogP contribution >= 0.6 is 0 Å². The Balaban J connectivity index is 2.14. The number of hydrogen-bond donors (Lipinski definition) is 2. The highest BCUT2D eigenvalue weighted by Crippen LogP contribution is 2.38. The lowest BCUT2D eigenvalue weighted by molar-refractivity contribution is -0.274. The number of nitrogens with two attached hydrogens (primary N) is 1. The van der Waals surface area contributed by atoms with E-state index < -0.39 is 6.36 Å². The molecule has 100 valence electrons. The molecule has 1 atom stereocenters. The van der Waals surface area contributed by atoms with Crippen LogP contribution in [0.4, 0.5) is 13.2 Å². The smallest absolute Gasteiger partial charge is 0.406 e. The van der Waals surface area contributed by atoms with Gasteiger partial charge in [-0.05, 0) is 36.5 Å². The first-order valence-electron chi connectivity index (χ1n) is 5.81. The van der Waals surface area contributed by atoms with Crippen molar-refractivity contribution in [2.45, 2.75) is 31.7 Å². The van der Waals surface area contributed by atoms with Gasteiger partial charge >= 0.3 is 6.36 Å². The molecule has 0 heterocycles. The maximum Gasteiger partial charge on any atom is 0.573 e. The maximum atomic E-state index is 12.1. The molecule has 0 bridgehead atoms. The largest absolute Gasteiger partial charge is 0.573 e. The Morgan fingerprint density at radius 3 is 2.56 bits per heavy atom. The predicted octanol–water partition coefficient (Wildman–Crippen LogP) is 2.89. The normalized spacial score (nSPS) is 18.2. The molecule has 1 fully saturated rings. The van der Waals surface area contributed by atoms with Gasteiger partial charge in [0, 0.05) is 6.04 Å². The van der Waals surface area contributed by atoms with E-state index in [4.69, 9.17) is 5.84 Å². The van der Waals surface area contributed by atoms with Crippen molar-refractivity contribution in [2.75, 3.05) is 0 Å². The molecule has 1 aliphatic carbocycles. The van der Waals surface area contributed by atoms with Crippen LogP contribution in [0.1, 0.15) is 30.9 Å². The van der Waals surface area contributed by atoms with Gasteiger partial charge in [0.2, 0.25) is 0 Å². The monoisotopic (exact) mass is 260 g/mol. The molecule has 1 aliphatic rings. The average Bonchev–Trinajstić information content (AvgIpc) is 2.21. The molecule has 0 spiro atoms. The van der Waals surface area contributed by atoms with E-state index in [-0.39, 0.29) is 11.8 Å². The number of benzene rings is 1. The summed E-state index contributed by atoms with van der Waals surface area (Å²) in [5.74, 6) is 5.66. The number of hydrogen-bond acceptors (Lipinski definition) is 3. The number of alkyl halides is 3. The van der Waals surface area contributed by atoms with Crippen molar-refractivity contribution in [3.8, 4) is 5.75 Å². The quantitative estimate of drug-likeness (QED) is 0.646. The Kier molecular flexibility index (Phi) is 3.77. The zero-order valence-electron chi connectivity index (χ0n) is 9.70. The fraction of sp³-hybridized carbons (Fsp3) is 0.500. The van der Waals surface area contributed by atoms with Crippen LogP contribution in [0.2, 0.25) is 0 Å². The molecule has 1 saturated carbocycles. The summed E-state index contributed by atoms with van der Waals surface area (Å²) in [6.07, 6.45) is -1.44. The summed E-state index contributed by atoms with van der Waals surface area (Å²) in [5.41, 5.74) is 3.40. The van der Waals surface area contributed by atoms with Crippen LogP contribution in [-0.2, 0) is 0 Å². The minimum Gasteiger partial charge on any atom is -0.406 e. The van der Waals surface area contributed by atoms with E-state index in [0.717, 1.165) is 24.8 Å². The molecule has 1 aromatic rings. The van der Waals surface area contributed by atoms with E-state index >= 15 is 0 Å². The fourth-order valence-corrected chi connectivity index (χ4v) is 2.18. The summed E-state index contributed by atoms with van der Waals surface area (Å²) in [7, 11) is 0. The summed E-state index contributed by atoms with van der Waals surface area (Å²) in [4.78, 5) is 0. The topological polar surface area (TPSA) is 47.3 Å². The van der Waals surface area contributed by atoms with Gasteiger partial charge in [-0.2, -0.15) is 0 Å². The lowest BCUT2D eigenvalue weighted by atomic mass is 9.77. The Hall–Kier alpha value is -1.27. The molecule has 1 aromatic carbocycles. The van der Waals surface area contributed by atoms with Crippen LogP contribution in [0.5, 0.6) is 5.75 Å². The first-order chi connectivity index (χ1) is 8.49. The van der Waals surface area contributed by atoms with Crippen molar-refractivity contribution in [3.63, 3.8) is 0 Å². The SMILES string of the molecule is NNC(c1cccc(OC(F)(F)F)c1)C1CCC1. The van der Waals surface area contributed by atoms with Gasteiger partial charge in [-0.3, -0.25) is 11.3 Å². The van der Waals surface area contributed by atoms with Crippen LogP contribution < -0.4 is 16.0 Å². The summed E-state index contributed by atoms with van der Waals surface area (Å²) in [6.45, 7) is 0. The van der Waals surface area contributed by atoms with Gasteiger partial charge < -0.3 is 4.74 Å². The summed E-state index contributed by atoms with van der Waals surface area (Å²) in [6, 6.07) is 5.85. The minimum atomic E-state index is -4.67. The highest BCUT2D eigenvalue weighted by molar-refractivity contribution is 5.31. The van der Waals surface area contributed by atoms with Crippen molar-refractivity contribution < 1.29 is 17.9 Å². The molecule has 18 heavy (non-hydrogen) atoms. The number of rotatable bonds is 4. The highest BCUT2D eigenvalue weighted by atomic mass is 19.4. The number of hydrazine groups is 1. The molecule has 3 N–H and O–H groups in total. The lowest BCUT2D eigenvalue weighted by Gasteiger charge is -2.33. The van der Waals surface area contributed by atoms with Crippen LogP contribution in [0.3, 0.4) is 0 Å². The molecule has 0 amide bonds. The van der Waals surface area contributed by atoms with E-state index in [0.29, 0.717) is 5.92 Å². The molecule has 0 saturated heterocycles. The van der Waals surface area contributed by atoms with E-state index in [1.165, 1.54) is 12.1 Å². The van der Waals surface area contributed by atoms with Gasteiger partial charge in [-0.1, -0.05) is 18.6 Å².